The second-order valence-corrected chi connectivity index (χ2v) is 8.47. The van der Waals surface area contributed by atoms with Crippen molar-refractivity contribution >= 4 is 24.2 Å². The molecule has 1 amide bonds. The monoisotopic (exact) mass is 520 g/mol. The average Bonchev–Trinajstić information content (AvgIpc) is 2.97. The van der Waals surface area contributed by atoms with Crippen LogP contribution in [0.25, 0.3) is 6.08 Å². The molecule has 0 aliphatic rings. The lowest BCUT2D eigenvalue weighted by Gasteiger charge is -2.13. The predicted octanol–water partition coefficient (Wildman–Crippen LogP) is 5.80. The van der Waals surface area contributed by atoms with Crippen molar-refractivity contribution in [3.63, 3.8) is 0 Å². The van der Waals surface area contributed by atoms with Gasteiger partial charge in [0.15, 0.2) is 6.10 Å². The van der Waals surface area contributed by atoms with Crippen LogP contribution in [0.1, 0.15) is 23.6 Å². The highest BCUT2D eigenvalue weighted by Gasteiger charge is 2.14. The van der Waals surface area contributed by atoms with Crippen LogP contribution in [-0.2, 0) is 16.2 Å². The van der Waals surface area contributed by atoms with Crippen LogP contribution in [0.4, 0.5) is 0 Å². The van der Waals surface area contributed by atoms with Gasteiger partial charge in [0.25, 0.3) is 5.91 Å². The van der Waals surface area contributed by atoms with Crippen molar-refractivity contribution in [2.45, 2.75) is 19.6 Å². The Morgan fingerprint density at radius 3 is 2.08 bits per heavy atom. The summed E-state index contributed by atoms with van der Waals surface area (Å²) in [5, 5.41) is 3.98. The van der Waals surface area contributed by atoms with E-state index in [4.69, 9.17) is 14.2 Å². The summed E-state index contributed by atoms with van der Waals surface area (Å²) >= 11 is 0. The van der Waals surface area contributed by atoms with Gasteiger partial charge in [-0.3, -0.25) is 4.79 Å². The van der Waals surface area contributed by atoms with E-state index >= 15 is 0 Å². The highest BCUT2D eigenvalue weighted by Crippen LogP contribution is 2.20. The van der Waals surface area contributed by atoms with Gasteiger partial charge in [-0.25, -0.2) is 10.2 Å². The molecule has 0 radical (unpaired) electrons. The molecule has 0 bridgehead atoms. The molecule has 0 spiro atoms. The van der Waals surface area contributed by atoms with Gasteiger partial charge in [0.1, 0.15) is 23.9 Å². The van der Waals surface area contributed by atoms with E-state index in [-0.39, 0.29) is 0 Å². The van der Waals surface area contributed by atoms with Crippen LogP contribution in [0.5, 0.6) is 17.2 Å². The summed E-state index contributed by atoms with van der Waals surface area (Å²) in [5.74, 6) is 0.773. The van der Waals surface area contributed by atoms with Crippen molar-refractivity contribution < 1.29 is 23.8 Å². The molecule has 196 valence electrons. The summed E-state index contributed by atoms with van der Waals surface area (Å²) in [6.45, 7) is 2.11. The summed E-state index contributed by atoms with van der Waals surface area (Å²) < 4.78 is 16.8. The third-order valence-electron chi connectivity index (χ3n) is 5.45. The summed E-state index contributed by atoms with van der Waals surface area (Å²) in [5.41, 5.74) is 5.17. The van der Waals surface area contributed by atoms with E-state index in [2.05, 4.69) is 10.5 Å². The lowest BCUT2D eigenvalue weighted by atomic mass is 10.2. The largest absolute Gasteiger partial charge is 0.489 e. The molecule has 0 heterocycles. The molecule has 4 rings (SSSR count). The fourth-order valence-corrected chi connectivity index (χ4v) is 3.37. The Hall–Kier alpha value is -5.17. The molecule has 0 saturated carbocycles. The first-order valence-electron chi connectivity index (χ1n) is 12.4. The molecule has 0 aromatic heterocycles. The zero-order valence-corrected chi connectivity index (χ0v) is 21.4. The Bertz CT molecular complexity index is 1400. The third-order valence-corrected chi connectivity index (χ3v) is 5.45. The van der Waals surface area contributed by atoms with Crippen molar-refractivity contribution in [1.82, 2.24) is 5.43 Å². The first kappa shape index (κ1) is 26.9. The minimum atomic E-state index is -0.760. The number of nitrogens with zero attached hydrogens (tertiary/aromatic N) is 1. The molecule has 0 saturated heterocycles. The molecule has 7 nitrogen and oxygen atoms in total. The predicted molar refractivity (Wildman–Crippen MR) is 151 cm³/mol. The van der Waals surface area contributed by atoms with E-state index in [9.17, 15) is 9.59 Å². The number of amides is 1. The number of hydrogen-bond acceptors (Lipinski definition) is 6. The van der Waals surface area contributed by atoms with Crippen LogP contribution < -0.4 is 19.6 Å². The maximum Gasteiger partial charge on any atom is 0.336 e. The fourth-order valence-electron chi connectivity index (χ4n) is 3.37. The van der Waals surface area contributed by atoms with E-state index in [0.717, 1.165) is 16.7 Å². The lowest BCUT2D eigenvalue weighted by Crippen LogP contribution is -2.33. The van der Waals surface area contributed by atoms with Gasteiger partial charge >= 0.3 is 5.97 Å². The number of rotatable bonds is 11. The standard InChI is InChI=1S/C32H28N2O5/c1-24(38-29-19-17-28(18-20-29)37-23-27-10-6-3-7-11-27)32(36)34-33-22-26-12-15-30(16-13-26)39-31(35)21-14-25-8-4-2-5-9-25/h2-22,24H,23H2,1H3,(H,34,36)/b21-14+,33-22-/t24-/m1/s1. The Morgan fingerprint density at radius 1 is 0.769 bits per heavy atom. The number of carbonyl (C=O) groups excluding carboxylic acids is 2. The molecule has 0 aliphatic heterocycles. The summed E-state index contributed by atoms with van der Waals surface area (Å²) in [6.07, 6.45) is 3.79. The highest BCUT2D eigenvalue weighted by molar-refractivity contribution is 5.89. The Kier molecular flexibility index (Phi) is 9.61. The van der Waals surface area contributed by atoms with Crippen molar-refractivity contribution in [3.8, 4) is 17.2 Å². The second kappa shape index (κ2) is 13.9. The number of nitrogens with one attached hydrogen (secondary N) is 1. The van der Waals surface area contributed by atoms with Crippen LogP contribution in [0.3, 0.4) is 0 Å². The van der Waals surface area contributed by atoms with Gasteiger partial charge in [-0.15, -0.1) is 0 Å². The minimum absolute atomic E-state index is 0.397. The first-order chi connectivity index (χ1) is 19.0. The lowest BCUT2D eigenvalue weighted by molar-refractivity contribution is -0.129. The van der Waals surface area contributed by atoms with Crippen LogP contribution in [0.2, 0.25) is 0 Å². The van der Waals surface area contributed by atoms with Gasteiger partial charge in [0.05, 0.1) is 6.21 Å². The Labute approximate surface area is 227 Å². The van der Waals surface area contributed by atoms with Crippen molar-refractivity contribution in [3.05, 3.63) is 132 Å². The van der Waals surface area contributed by atoms with Gasteiger partial charge in [0.2, 0.25) is 0 Å². The molecule has 39 heavy (non-hydrogen) atoms. The van der Waals surface area contributed by atoms with Gasteiger partial charge in [0, 0.05) is 6.08 Å². The number of ether oxygens (including phenoxy) is 3. The maximum atomic E-state index is 12.4. The van der Waals surface area contributed by atoms with Gasteiger partial charge in [-0.1, -0.05) is 60.7 Å². The third kappa shape index (κ3) is 9.02. The topological polar surface area (TPSA) is 86.2 Å². The van der Waals surface area contributed by atoms with E-state index in [0.29, 0.717) is 23.9 Å². The molecule has 0 aliphatic carbocycles. The quantitative estimate of drug-likeness (QED) is 0.0888. The molecular formula is C32H28N2O5. The molecule has 7 heteroatoms. The van der Waals surface area contributed by atoms with E-state index in [1.54, 1.807) is 61.5 Å². The van der Waals surface area contributed by atoms with E-state index in [1.807, 2.05) is 60.7 Å². The van der Waals surface area contributed by atoms with E-state index in [1.165, 1.54) is 12.3 Å². The van der Waals surface area contributed by atoms with Crippen LogP contribution >= 0.6 is 0 Å². The molecule has 0 unspecified atom stereocenters. The van der Waals surface area contributed by atoms with Crippen LogP contribution in [0.15, 0.2) is 120 Å². The zero-order valence-electron chi connectivity index (χ0n) is 21.4. The molecule has 4 aromatic rings. The van der Waals surface area contributed by atoms with E-state index < -0.39 is 18.0 Å². The van der Waals surface area contributed by atoms with Crippen LogP contribution in [0, 0.1) is 0 Å². The van der Waals surface area contributed by atoms with Crippen molar-refractivity contribution in [2.24, 2.45) is 5.10 Å². The van der Waals surface area contributed by atoms with Gasteiger partial charge < -0.3 is 14.2 Å². The Morgan fingerprint density at radius 2 is 1.38 bits per heavy atom. The second-order valence-electron chi connectivity index (χ2n) is 8.47. The van der Waals surface area contributed by atoms with Crippen molar-refractivity contribution in [2.75, 3.05) is 0 Å². The van der Waals surface area contributed by atoms with Crippen LogP contribution in [-0.4, -0.2) is 24.2 Å². The number of hydrogen-bond donors (Lipinski definition) is 1. The molecule has 0 fully saturated rings. The average molecular weight is 521 g/mol. The maximum absolute atomic E-state index is 12.4. The Balaban J connectivity index is 1.19. The SMILES string of the molecule is C[C@@H](Oc1ccc(OCc2ccccc2)cc1)C(=O)N/N=C\c1ccc(OC(=O)/C=C/c2ccccc2)cc1. The molecule has 4 aromatic carbocycles. The van der Waals surface area contributed by atoms with Gasteiger partial charge in [-0.2, -0.15) is 5.10 Å². The molecular weight excluding hydrogens is 492 g/mol. The summed E-state index contributed by atoms with van der Waals surface area (Å²) in [6, 6.07) is 33.2. The van der Waals surface area contributed by atoms with Gasteiger partial charge in [-0.05, 0) is 78.2 Å². The number of benzene rings is 4. The summed E-state index contributed by atoms with van der Waals surface area (Å²) in [4.78, 5) is 24.4. The number of esters is 1. The smallest absolute Gasteiger partial charge is 0.336 e. The highest BCUT2D eigenvalue weighted by atomic mass is 16.5. The molecule has 1 N–H and O–H groups in total. The van der Waals surface area contributed by atoms with Crippen molar-refractivity contribution in [1.29, 1.82) is 0 Å². The fraction of sp³-hybridized carbons (Fsp3) is 0.0938. The summed E-state index contributed by atoms with van der Waals surface area (Å²) in [7, 11) is 0. The molecule has 1 atom stereocenters. The number of carbonyl (C=O) groups is 2. The first-order valence-corrected chi connectivity index (χ1v) is 12.4. The minimum Gasteiger partial charge on any atom is -0.489 e. The number of hydrazone groups is 1. The zero-order chi connectivity index (χ0) is 27.3. The normalized spacial score (nSPS) is 11.7.